The Morgan fingerprint density at radius 1 is 1.03 bits per heavy atom. The summed E-state index contributed by atoms with van der Waals surface area (Å²) in [6, 6.07) is 7.91. The second-order valence-electron chi connectivity index (χ2n) is 8.02. The lowest BCUT2D eigenvalue weighted by Crippen LogP contribution is -2.43. The normalized spacial score (nSPS) is 20.6. The molecule has 2 saturated heterocycles. The summed E-state index contributed by atoms with van der Waals surface area (Å²) in [6.45, 7) is 4.92. The highest BCUT2D eigenvalue weighted by Gasteiger charge is 2.27. The van der Waals surface area contributed by atoms with E-state index in [-0.39, 0.29) is 17.9 Å². The van der Waals surface area contributed by atoms with Gasteiger partial charge in [-0.25, -0.2) is 0 Å². The molecular formula is C23H34N2O4. The summed E-state index contributed by atoms with van der Waals surface area (Å²) < 4.78 is 11.1. The van der Waals surface area contributed by atoms with Crippen molar-refractivity contribution in [1.82, 2.24) is 9.80 Å². The fraction of sp³-hybridized carbons (Fsp3) is 0.652. The number of carbonyl (C=O) groups excluding carboxylic acids is 2. The van der Waals surface area contributed by atoms with Crippen LogP contribution < -0.4 is 4.74 Å². The maximum absolute atomic E-state index is 12.9. The zero-order valence-electron chi connectivity index (χ0n) is 17.8. The lowest BCUT2D eigenvalue weighted by atomic mass is 9.99. The van der Waals surface area contributed by atoms with Crippen molar-refractivity contribution in [2.45, 2.75) is 64.0 Å². The summed E-state index contributed by atoms with van der Waals surface area (Å²) in [4.78, 5) is 28.9. The Morgan fingerprint density at radius 3 is 2.41 bits per heavy atom. The molecule has 3 rings (SSSR count). The number of amides is 2. The maximum Gasteiger partial charge on any atom is 0.254 e. The average Bonchev–Trinajstić information content (AvgIpc) is 2.78. The lowest BCUT2D eigenvalue weighted by molar-refractivity contribution is -0.133. The fourth-order valence-corrected chi connectivity index (χ4v) is 4.30. The quantitative estimate of drug-likeness (QED) is 0.700. The Hall–Kier alpha value is -2.08. The maximum atomic E-state index is 12.9. The Balaban J connectivity index is 1.50. The fourth-order valence-electron chi connectivity index (χ4n) is 4.30. The van der Waals surface area contributed by atoms with E-state index in [1.54, 1.807) is 7.11 Å². The molecular weight excluding hydrogens is 368 g/mol. The van der Waals surface area contributed by atoms with Crippen LogP contribution >= 0.6 is 0 Å². The standard InChI is InChI=1S/C23H34N2O4/c1-3-19-6-4-5-14-25(19)23(27)18-7-9-20(10-8-18)29-21-11-15-24(16-12-21)22(26)13-17-28-2/h7-10,19,21H,3-6,11-17H2,1-2H3/t19-/m0/s1. The predicted octanol–water partition coefficient (Wildman–Crippen LogP) is 3.50. The minimum absolute atomic E-state index is 0.106. The van der Waals surface area contributed by atoms with Crippen molar-refractivity contribution < 1.29 is 19.1 Å². The summed E-state index contributed by atoms with van der Waals surface area (Å²) in [5.41, 5.74) is 0.733. The van der Waals surface area contributed by atoms with Crippen LogP contribution in [0.15, 0.2) is 24.3 Å². The van der Waals surface area contributed by atoms with Gasteiger partial charge in [0, 0.05) is 51.2 Å². The van der Waals surface area contributed by atoms with E-state index in [0.717, 1.165) is 63.1 Å². The van der Waals surface area contributed by atoms with E-state index in [2.05, 4.69) is 6.92 Å². The number of hydrogen-bond acceptors (Lipinski definition) is 4. The van der Waals surface area contributed by atoms with Crippen molar-refractivity contribution in [1.29, 1.82) is 0 Å². The number of methoxy groups -OCH3 is 1. The third kappa shape index (κ3) is 5.72. The predicted molar refractivity (Wildman–Crippen MR) is 112 cm³/mol. The molecule has 0 saturated carbocycles. The van der Waals surface area contributed by atoms with Crippen LogP contribution in [0.2, 0.25) is 0 Å². The number of likely N-dealkylation sites (tertiary alicyclic amines) is 2. The summed E-state index contributed by atoms with van der Waals surface area (Å²) in [5.74, 6) is 1.07. The van der Waals surface area contributed by atoms with E-state index >= 15 is 0 Å². The summed E-state index contributed by atoms with van der Waals surface area (Å²) >= 11 is 0. The van der Waals surface area contributed by atoms with Crippen LogP contribution in [0.25, 0.3) is 0 Å². The molecule has 160 valence electrons. The molecule has 2 fully saturated rings. The van der Waals surface area contributed by atoms with Gasteiger partial charge in [-0.05, 0) is 49.9 Å². The zero-order valence-corrected chi connectivity index (χ0v) is 17.8. The number of piperidine rings is 2. The highest BCUT2D eigenvalue weighted by molar-refractivity contribution is 5.94. The van der Waals surface area contributed by atoms with Gasteiger partial charge < -0.3 is 19.3 Å². The van der Waals surface area contributed by atoms with Crippen LogP contribution in [0.4, 0.5) is 0 Å². The van der Waals surface area contributed by atoms with Crippen molar-refractivity contribution in [2.24, 2.45) is 0 Å². The third-order valence-electron chi connectivity index (χ3n) is 6.08. The largest absolute Gasteiger partial charge is 0.490 e. The molecule has 2 aliphatic rings. The van der Waals surface area contributed by atoms with Gasteiger partial charge >= 0.3 is 0 Å². The van der Waals surface area contributed by atoms with Crippen LogP contribution in [0.1, 0.15) is 62.2 Å². The molecule has 0 unspecified atom stereocenters. The Morgan fingerprint density at radius 2 is 1.76 bits per heavy atom. The molecule has 1 aromatic carbocycles. The van der Waals surface area contributed by atoms with Gasteiger partial charge in [0.2, 0.25) is 5.91 Å². The van der Waals surface area contributed by atoms with Crippen LogP contribution in [0.5, 0.6) is 5.75 Å². The first-order chi connectivity index (χ1) is 14.1. The van der Waals surface area contributed by atoms with E-state index < -0.39 is 0 Å². The molecule has 0 spiro atoms. The number of nitrogens with zero attached hydrogens (tertiary/aromatic N) is 2. The molecule has 1 aromatic rings. The van der Waals surface area contributed by atoms with E-state index in [0.29, 0.717) is 19.1 Å². The monoisotopic (exact) mass is 402 g/mol. The van der Waals surface area contributed by atoms with Gasteiger partial charge in [-0.15, -0.1) is 0 Å². The second kappa shape index (κ2) is 10.6. The molecule has 0 aliphatic carbocycles. The first-order valence-corrected chi connectivity index (χ1v) is 11.0. The van der Waals surface area contributed by atoms with Gasteiger partial charge in [0.25, 0.3) is 5.91 Å². The van der Waals surface area contributed by atoms with Crippen molar-refractivity contribution in [3.05, 3.63) is 29.8 Å². The molecule has 0 aromatic heterocycles. The third-order valence-corrected chi connectivity index (χ3v) is 6.08. The molecule has 0 bridgehead atoms. The smallest absolute Gasteiger partial charge is 0.254 e. The second-order valence-corrected chi connectivity index (χ2v) is 8.02. The van der Waals surface area contributed by atoms with Crippen molar-refractivity contribution >= 4 is 11.8 Å². The zero-order chi connectivity index (χ0) is 20.6. The van der Waals surface area contributed by atoms with E-state index in [4.69, 9.17) is 9.47 Å². The summed E-state index contributed by atoms with van der Waals surface area (Å²) in [7, 11) is 1.61. The average molecular weight is 403 g/mol. The van der Waals surface area contributed by atoms with E-state index in [9.17, 15) is 9.59 Å². The number of hydrogen-bond donors (Lipinski definition) is 0. The molecule has 6 nitrogen and oxygen atoms in total. The molecule has 2 aliphatic heterocycles. The lowest BCUT2D eigenvalue weighted by Gasteiger charge is -2.35. The van der Waals surface area contributed by atoms with Crippen LogP contribution in [-0.2, 0) is 9.53 Å². The summed E-state index contributed by atoms with van der Waals surface area (Å²) in [6.07, 6.45) is 6.62. The molecule has 0 N–H and O–H groups in total. The van der Waals surface area contributed by atoms with E-state index in [1.807, 2.05) is 34.1 Å². The van der Waals surface area contributed by atoms with Gasteiger partial charge in [0.15, 0.2) is 0 Å². The first-order valence-electron chi connectivity index (χ1n) is 11.0. The van der Waals surface area contributed by atoms with Gasteiger partial charge in [0.05, 0.1) is 13.0 Å². The van der Waals surface area contributed by atoms with Gasteiger partial charge in [-0.3, -0.25) is 9.59 Å². The minimum Gasteiger partial charge on any atom is -0.490 e. The molecule has 6 heteroatoms. The van der Waals surface area contributed by atoms with Gasteiger partial charge in [-0.1, -0.05) is 6.92 Å². The molecule has 2 heterocycles. The van der Waals surface area contributed by atoms with Crippen molar-refractivity contribution in [3.63, 3.8) is 0 Å². The number of carbonyl (C=O) groups is 2. The molecule has 29 heavy (non-hydrogen) atoms. The summed E-state index contributed by atoms with van der Waals surface area (Å²) in [5, 5.41) is 0. The number of rotatable bonds is 7. The molecule has 1 atom stereocenters. The number of benzene rings is 1. The highest BCUT2D eigenvalue weighted by atomic mass is 16.5. The van der Waals surface area contributed by atoms with Gasteiger partial charge in [-0.2, -0.15) is 0 Å². The molecule has 2 amide bonds. The Kier molecular flexibility index (Phi) is 7.92. The molecule has 0 radical (unpaired) electrons. The van der Waals surface area contributed by atoms with Crippen LogP contribution in [0.3, 0.4) is 0 Å². The van der Waals surface area contributed by atoms with Crippen LogP contribution in [-0.4, -0.2) is 67.1 Å². The SMILES string of the molecule is CC[C@H]1CCCCN1C(=O)c1ccc(OC2CCN(C(=O)CCOC)CC2)cc1. The number of ether oxygens (including phenoxy) is 2. The highest BCUT2D eigenvalue weighted by Crippen LogP contribution is 2.24. The first kappa shape index (κ1) is 21.6. The van der Waals surface area contributed by atoms with Crippen LogP contribution in [0, 0.1) is 0 Å². The van der Waals surface area contributed by atoms with Crippen molar-refractivity contribution in [3.8, 4) is 5.75 Å². The Labute approximate surface area is 174 Å². The van der Waals surface area contributed by atoms with E-state index in [1.165, 1.54) is 6.42 Å². The van der Waals surface area contributed by atoms with Gasteiger partial charge in [0.1, 0.15) is 11.9 Å². The minimum atomic E-state index is 0.106. The topological polar surface area (TPSA) is 59.1 Å². The van der Waals surface area contributed by atoms with Crippen molar-refractivity contribution in [2.75, 3.05) is 33.4 Å². The Bertz CT molecular complexity index is 668.